The minimum Gasteiger partial charge on any atom is -0.274 e. The summed E-state index contributed by atoms with van der Waals surface area (Å²) in [4.78, 5) is 26.6. The number of anilines is 1. The van der Waals surface area contributed by atoms with Crippen LogP contribution in [-0.2, 0) is 15.8 Å². The van der Waals surface area contributed by atoms with Crippen LogP contribution >= 0.6 is 0 Å². The molecule has 1 saturated heterocycles. The highest BCUT2D eigenvalue weighted by molar-refractivity contribution is 6.24. The molecule has 3 nitrogen and oxygen atoms in total. The fraction of sp³-hybridized carbons (Fsp3) is 0.412. The van der Waals surface area contributed by atoms with Crippen LogP contribution in [0.1, 0.15) is 18.9 Å². The van der Waals surface area contributed by atoms with Crippen LogP contribution in [0.4, 0.5) is 18.9 Å². The normalized spacial score (nSPS) is 35.3. The number of hydrogen-bond donors (Lipinski definition) is 0. The second kappa shape index (κ2) is 4.24. The maximum Gasteiger partial charge on any atom is 0.416 e. The Kier molecular flexibility index (Phi) is 2.67. The Hall–Kier alpha value is -2.11. The number of amides is 2. The van der Waals surface area contributed by atoms with Crippen LogP contribution in [0.25, 0.3) is 0 Å². The molecule has 0 N–H and O–H groups in total. The van der Waals surface area contributed by atoms with Crippen LogP contribution in [-0.4, -0.2) is 11.8 Å². The number of halogens is 3. The van der Waals surface area contributed by atoms with Gasteiger partial charge in [-0.1, -0.05) is 18.2 Å². The molecule has 0 unspecified atom stereocenters. The van der Waals surface area contributed by atoms with Gasteiger partial charge in [0.1, 0.15) is 0 Å². The SMILES string of the molecule is C[C@]12C(=O)N(c3cccc(C(F)(F)F)c3)C(=O)[C@@H]1[C@@H]1C=C[C@@H]2C1. The van der Waals surface area contributed by atoms with Crippen molar-refractivity contribution in [3.63, 3.8) is 0 Å². The summed E-state index contributed by atoms with van der Waals surface area (Å²) >= 11 is 0. The summed E-state index contributed by atoms with van der Waals surface area (Å²) in [7, 11) is 0. The summed E-state index contributed by atoms with van der Waals surface area (Å²) in [5.41, 5.74) is -1.69. The lowest BCUT2D eigenvalue weighted by molar-refractivity contribution is -0.137. The largest absolute Gasteiger partial charge is 0.416 e. The number of nitrogens with zero attached hydrogens (tertiary/aromatic N) is 1. The number of fused-ring (bicyclic) bond motifs is 5. The van der Waals surface area contributed by atoms with Crippen molar-refractivity contribution in [3.05, 3.63) is 42.0 Å². The quantitative estimate of drug-likeness (QED) is 0.587. The molecule has 0 radical (unpaired) electrons. The van der Waals surface area contributed by atoms with Gasteiger partial charge in [-0.25, -0.2) is 4.90 Å². The molecule has 4 rings (SSSR count). The second-order valence-corrected chi connectivity index (χ2v) is 6.68. The zero-order valence-electron chi connectivity index (χ0n) is 12.3. The Balaban J connectivity index is 1.78. The fourth-order valence-corrected chi connectivity index (χ4v) is 4.37. The van der Waals surface area contributed by atoms with E-state index in [0.717, 1.165) is 23.5 Å². The van der Waals surface area contributed by atoms with Gasteiger partial charge in [0.15, 0.2) is 0 Å². The first-order valence-electron chi connectivity index (χ1n) is 7.48. The predicted molar refractivity (Wildman–Crippen MR) is 76.3 cm³/mol. The molecule has 2 bridgehead atoms. The van der Waals surface area contributed by atoms with E-state index >= 15 is 0 Å². The summed E-state index contributed by atoms with van der Waals surface area (Å²) in [5, 5.41) is 0. The molecule has 3 aliphatic rings. The van der Waals surface area contributed by atoms with E-state index in [-0.39, 0.29) is 29.3 Å². The molecule has 1 aromatic carbocycles. The van der Waals surface area contributed by atoms with E-state index in [0.29, 0.717) is 0 Å². The number of carbonyl (C=O) groups is 2. The van der Waals surface area contributed by atoms with Gasteiger partial charge in [0.05, 0.1) is 22.6 Å². The number of alkyl halides is 3. The van der Waals surface area contributed by atoms with Crippen LogP contribution in [0.15, 0.2) is 36.4 Å². The van der Waals surface area contributed by atoms with Gasteiger partial charge in [-0.05, 0) is 43.4 Å². The van der Waals surface area contributed by atoms with Gasteiger partial charge in [-0.2, -0.15) is 13.2 Å². The average Bonchev–Trinajstić information content (AvgIpc) is 3.11. The van der Waals surface area contributed by atoms with Crippen molar-refractivity contribution in [3.8, 4) is 0 Å². The molecule has 1 saturated carbocycles. The average molecular weight is 321 g/mol. The third kappa shape index (κ3) is 1.72. The molecule has 0 spiro atoms. The monoisotopic (exact) mass is 321 g/mol. The molecule has 1 heterocycles. The molecular formula is C17H14F3NO2. The molecule has 2 fully saturated rings. The van der Waals surface area contributed by atoms with Crippen molar-refractivity contribution in [2.24, 2.45) is 23.2 Å². The van der Waals surface area contributed by atoms with Crippen LogP contribution in [0.5, 0.6) is 0 Å². The smallest absolute Gasteiger partial charge is 0.274 e. The number of allylic oxidation sites excluding steroid dienone is 2. The number of benzene rings is 1. The predicted octanol–water partition coefficient (Wildman–Crippen LogP) is 3.41. The van der Waals surface area contributed by atoms with Crippen LogP contribution in [0, 0.1) is 23.2 Å². The van der Waals surface area contributed by atoms with Crippen molar-refractivity contribution in [2.45, 2.75) is 19.5 Å². The van der Waals surface area contributed by atoms with E-state index in [1.807, 2.05) is 12.2 Å². The van der Waals surface area contributed by atoms with Crippen LogP contribution in [0.3, 0.4) is 0 Å². The highest BCUT2D eigenvalue weighted by Gasteiger charge is 2.67. The Morgan fingerprint density at radius 3 is 2.61 bits per heavy atom. The minimum absolute atomic E-state index is 0.00449. The lowest BCUT2D eigenvalue weighted by Gasteiger charge is -2.28. The molecule has 4 atom stereocenters. The summed E-state index contributed by atoms with van der Waals surface area (Å²) < 4.78 is 38.7. The van der Waals surface area contributed by atoms with Gasteiger partial charge in [-0.15, -0.1) is 0 Å². The number of carbonyl (C=O) groups excluding carboxylic acids is 2. The van der Waals surface area contributed by atoms with Crippen molar-refractivity contribution >= 4 is 17.5 Å². The van der Waals surface area contributed by atoms with E-state index in [9.17, 15) is 22.8 Å². The fourth-order valence-electron chi connectivity index (χ4n) is 4.37. The molecule has 1 aliphatic heterocycles. The summed E-state index contributed by atoms with van der Waals surface area (Å²) in [6.07, 6.45) is 0.178. The first kappa shape index (κ1) is 14.5. The van der Waals surface area contributed by atoms with E-state index in [4.69, 9.17) is 0 Å². The number of hydrogen-bond acceptors (Lipinski definition) is 2. The topological polar surface area (TPSA) is 37.4 Å². The zero-order valence-corrected chi connectivity index (χ0v) is 12.3. The third-order valence-corrected chi connectivity index (χ3v) is 5.54. The Bertz CT molecular complexity index is 754. The number of imide groups is 1. The molecule has 1 aromatic rings. The van der Waals surface area contributed by atoms with E-state index in [2.05, 4.69) is 0 Å². The van der Waals surface area contributed by atoms with Gasteiger partial charge < -0.3 is 0 Å². The molecule has 2 aliphatic carbocycles. The van der Waals surface area contributed by atoms with Crippen molar-refractivity contribution in [2.75, 3.05) is 4.90 Å². The van der Waals surface area contributed by atoms with Gasteiger partial charge in [0.25, 0.3) is 0 Å². The summed E-state index contributed by atoms with van der Waals surface area (Å²) in [6, 6.07) is 4.41. The Labute approximate surface area is 130 Å². The van der Waals surface area contributed by atoms with Crippen LogP contribution in [0.2, 0.25) is 0 Å². The summed E-state index contributed by atoms with van der Waals surface area (Å²) in [6.45, 7) is 1.76. The highest BCUT2D eigenvalue weighted by Crippen LogP contribution is 2.60. The molecule has 23 heavy (non-hydrogen) atoms. The lowest BCUT2D eigenvalue weighted by atomic mass is 9.71. The van der Waals surface area contributed by atoms with Crippen molar-refractivity contribution in [1.29, 1.82) is 0 Å². The molecular weight excluding hydrogens is 307 g/mol. The number of rotatable bonds is 1. The van der Waals surface area contributed by atoms with Gasteiger partial charge in [0, 0.05) is 0 Å². The molecule has 120 valence electrons. The first-order chi connectivity index (χ1) is 10.7. The second-order valence-electron chi connectivity index (χ2n) is 6.68. The minimum atomic E-state index is -4.51. The molecule has 0 aromatic heterocycles. The first-order valence-corrected chi connectivity index (χ1v) is 7.48. The van der Waals surface area contributed by atoms with Crippen molar-refractivity contribution < 1.29 is 22.8 Å². The van der Waals surface area contributed by atoms with Crippen LogP contribution < -0.4 is 4.90 Å². The lowest BCUT2D eigenvalue weighted by Crippen LogP contribution is -2.37. The van der Waals surface area contributed by atoms with Gasteiger partial charge >= 0.3 is 6.18 Å². The third-order valence-electron chi connectivity index (χ3n) is 5.54. The van der Waals surface area contributed by atoms with E-state index < -0.39 is 23.1 Å². The molecule has 6 heteroatoms. The van der Waals surface area contributed by atoms with E-state index in [1.54, 1.807) is 6.92 Å². The van der Waals surface area contributed by atoms with Gasteiger partial charge in [0.2, 0.25) is 11.8 Å². The Morgan fingerprint density at radius 2 is 1.96 bits per heavy atom. The maximum absolute atomic E-state index is 12.9. The van der Waals surface area contributed by atoms with E-state index in [1.165, 1.54) is 12.1 Å². The standard InChI is InChI=1S/C17H14F3NO2/c1-16-10-6-5-9(7-10)13(16)14(22)21(15(16)23)12-4-2-3-11(8-12)17(18,19)20/h2-6,8-10,13H,7H2,1H3/t9-,10-,13+,16-/m1/s1. The maximum atomic E-state index is 12.9. The van der Waals surface area contributed by atoms with Gasteiger partial charge in [-0.3, -0.25) is 9.59 Å². The Morgan fingerprint density at radius 1 is 1.22 bits per heavy atom. The molecule has 2 amide bonds. The summed E-state index contributed by atoms with van der Waals surface area (Å²) in [5.74, 6) is -1.22. The van der Waals surface area contributed by atoms with Crippen molar-refractivity contribution in [1.82, 2.24) is 0 Å². The highest BCUT2D eigenvalue weighted by atomic mass is 19.4. The zero-order chi connectivity index (χ0) is 16.6.